The van der Waals surface area contributed by atoms with E-state index < -0.39 is 0 Å². The number of hydrogen-bond acceptors (Lipinski definition) is 2. The molecule has 0 saturated heterocycles. The molecule has 0 aliphatic carbocycles. The summed E-state index contributed by atoms with van der Waals surface area (Å²) < 4.78 is 11.2. The van der Waals surface area contributed by atoms with E-state index in [1.165, 1.54) is 0 Å². The van der Waals surface area contributed by atoms with Crippen LogP contribution < -0.4 is 17.0 Å². The second-order valence-corrected chi connectivity index (χ2v) is 10.8. The number of carbonyl (C=O) groups is 1. The molecule has 37 heavy (non-hydrogen) atoms. The van der Waals surface area contributed by atoms with Crippen LogP contribution in [0, 0.1) is 0 Å². The fourth-order valence-corrected chi connectivity index (χ4v) is 4.97. The largest absolute Gasteiger partial charge is 1.00 e. The van der Waals surface area contributed by atoms with E-state index in [1.807, 2.05) is 64.3 Å². The highest BCUT2D eigenvalue weighted by molar-refractivity contribution is 9.10. The number of rotatable bonds is 10. The van der Waals surface area contributed by atoms with Crippen molar-refractivity contribution in [2.75, 3.05) is 0 Å². The third-order valence-corrected chi connectivity index (χ3v) is 7.33. The van der Waals surface area contributed by atoms with Crippen molar-refractivity contribution in [1.29, 1.82) is 0 Å². The zero-order chi connectivity index (χ0) is 25.7. The van der Waals surface area contributed by atoms with E-state index in [0.717, 1.165) is 15.6 Å². The van der Waals surface area contributed by atoms with Gasteiger partial charge >= 0.3 is 0 Å². The lowest BCUT2D eigenvalue weighted by Gasteiger charge is -2.19. The number of nitrogens with zero attached hydrogens (tertiary/aromatic N) is 2. The second kappa shape index (κ2) is 14.0. The Morgan fingerprint density at radius 2 is 1.62 bits per heavy atom. The summed E-state index contributed by atoms with van der Waals surface area (Å²) in [5.41, 5.74) is 2.34. The van der Waals surface area contributed by atoms with Gasteiger partial charge in [-0.25, -0.2) is 9.13 Å². The first-order valence-electron chi connectivity index (χ1n) is 11.1. The molecule has 0 spiro atoms. The molecule has 0 amide bonds. The van der Waals surface area contributed by atoms with Gasteiger partial charge in [0.2, 0.25) is 6.33 Å². The topological polar surface area (TPSA) is 35.1 Å². The lowest BCUT2D eigenvalue weighted by Crippen LogP contribution is -3.00. The number of imidazole rings is 1. The lowest BCUT2D eigenvalue weighted by atomic mass is 10.1. The molecule has 194 valence electrons. The van der Waals surface area contributed by atoms with Gasteiger partial charge in [-0.05, 0) is 42.0 Å². The van der Waals surface area contributed by atoms with Crippen molar-refractivity contribution in [2.45, 2.75) is 32.2 Å². The summed E-state index contributed by atoms with van der Waals surface area (Å²) in [6.07, 6.45) is 5.86. The first-order chi connectivity index (χ1) is 17.3. The van der Waals surface area contributed by atoms with E-state index in [-0.39, 0.29) is 30.9 Å². The number of aromatic nitrogens is 2. The van der Waals surface area contributed by atoms with Crippen LogP contribution in [0.3, 0.4) is 0 Å². The van der Waals surface area contributed by atoms with Crippen molar-refractivity contribution in [2.24, 2.45) is 0 Å². The average molecular weight is 664 g/mol. The fourth-order valence-electron chi connectivity index (χ4n) is 3.71. The summed E-state index contributed by atoms with van der Waals surface area (Å²) in [7, 11) is 0. The lowest BCUT2D eigenvalue weighted by molar-refractivity contribution is -0.695. The summed E-state index contributed by atoms with van der Waals surface area (Å²) in [5.74, 6) is 0.0942. The molecule has 4 nitrogen and oxygen atoms in total. The molecule has 4 rings (SSSR count). The SMILES string of the molecule is O=C(CC[n+]1ccn(CC(OCc2ccc(Cl)cc2Cl)c2ccc(Cl)cc2Cl)c1)c1ccc(Br)cc1.[Cl-]. The molecule has 0 aliphatic heterocycles. The Morgan fingerprint density at radius 3 is 2.30 bits per heavy atom. The standard InChI is InChI=1S/C27H22BrCl4N2O2.ClH/c28-20-4-1-18(2-5-20)26(35)9-10-33-11-12-34(17-33)15-27(23-8-7-22(30)14-25(23)32)36-16-19-3-6-21(29)13-24(19)31;/h1-8,11-14,17,27H,9-10,15-16H2;1H/q+1;/p-1. The van der Waals surface area contributed by atoms with Crippen LogP contribution in [0.25, 0.3) is 0 Å². The van der Waals surface area contributed by atoms with Gasteiger partial charge in [0.1, 0.15) is 25.0 Å². The van der Waals surface area contributed by atoms with Crippen LogP contribution in [0.15, 0.2) is 83.9 Å². The maximum atomic E-state index is 12.5. The Kier molecular flexibility index (Phi) is 11.3. The van der Waals surface area contributed by atoms with Crippen molar-refractivity contribution in [3.05, 3.63) is 121 Å². The monoisotopic (exact) mass is 660 g/mol. The highest BCUT2D eigenvalue weighted by Gasteiger charge is 2.21. The number of hydrogen-bond donors (Lipinski definition) is 0. The molecule has 1 heterocycles. The predicted octanol–water partition coefficient (Wildman–Crippen LogP) is 5.39. The molecule has 0 bridgehead atoms. The van der Waals surface area contributed by atoms with Gasteiger partial charge in [-0.15, -0.1) is 0 Å². The Morgan fingerprint density at radius 1 is 0.946 bits per heavy atom. The third-order valence-electron chi connectivity index (χ3n) is 5.65. The van der Waals surface area contributed by atoms with Gasteiger partial charge in [-0.3, -0.25) is 4.79 Å². The van der Waals surface area contributed by atoms with Crippen LogP contribution in [0.4, 0.5) is 0 Å². The predicted molar refractivity (Wildman–Crippen MR) is 148 cm³/mol. The molecule has 1 unspecified atom stereocenters. The Hall–Kier alpha value is -1.57. The van der Waals surface area contributed by atoms with Gasteiger partial charge < -0.3 is 17.1 Å². The number of carbonyl (C=O) groups excluding carboxylic acids is 1. The van der Waals surface area contributed by atoms with Gasteiger partial charge in [0.05, 0.1) is 13.2 Å². The number of ketones is 1. The maximum Gasteiger partial charge on any atom is 0.243 e. The van der Waals surface area contributed by atoms with Gasteiger partial charge in [0.15, 0.2) is 5.78 Å². The molecule has 0 aliphatic rings. The van der Waals surface area contributed by atoms with Crippen LogP contribution in [-0.2, 0) is 24.4 Å². The second-order valence-electron chi connectivity index (χ2n) is 8.23. The van der Waals surface area contributed by atoms with Gasteiger partial charge in [-0.2, -0.15) is 0 Å². The molecule has 4 aromatic rings. The quantitative estimate of drug-likeness (QED) is 0.169. The summed E-state index contributed by atoms with van der Waals surface area (Å²) in [6, 6.07) is 18.1. The third kappa shape index (κ3) is 8.46. The molecule has 0 saturated carbocycles. The molecule has 3 aromatic carbocycles. The van der Waals surface area contributed by atoms with E-state index in [9.17, 15) is 4.79 Å². The van der Waals surface area contributed by atoms with Crippen molar-refractivity contribution in [1.82, 2.24) is 4.57 Å². The van der Waals surface area contributed by atoms with E-state index in [2.05, 4.69) is 15.9 Å². The van der Waals surface area contributed by atoms with E-state index >= 15 is 0 Å². The van der Waals surface area contributed by atoms with E-state index in [4.69, 9.17) is 51.1 Å². The molecule has 0 fully saturated rings. The summed E-state index contributed by atoms with van der Waals surface area (Å²) in [5, 5.41) is 2.18. The summed E-state index contributed by atoms with van der Waals surface area (Å²) >= 11 is 28.4. The zero-order valence-electron chi connectivity index (χ0n) is 19.4. The molecular weight excluding hydrogens is 641 g/mol. The maximum absolute atomic E-state index is 12.5. The minimum atomic E-state index is -0.369. The van der Waals surface area contributed by atoms with Crippen LogP contribution >= 0.6 is 62.3 Å². The van der Waals surface area contributed by atoms with Crippen molar-refractivity contribution in [3.8, 4) is 0 Å². The number of halogens is 6. The minimum absolute atomic E-state index is 0. The van der Waals surface area contributed by atoms with Crippen molar-refractivity contribution in [3.63, 3.8) is 0 Å². The van der Waals surface area contributed by atoms with Crippen molar-refractivity contribution < 1.29 is 26.5 Å². The fraction of sp³-hybridized carbons (Fsp3) is 0.185. The zero-order valence-corrected chi connectivity index (χ0v) is 24.8. The highest BCUT2D eigenvalue weighted by atomic mass is 79.9. The van der Waals surface area contributed by atoms with Crippen molar-refractivity contribution >= 4 is 68.1 Å². The van der Waals surface area contributed by atoms with E-state index in [0.29, 0.717) is 45.2 Å². The molecule has 0 N–H and O–H groups in total. The smallest absolute Gasteiger partial charge is 0.243 e. The molecule has 1 aromatic heterocycles. The Bertz CT molecular complexity index is 1360. The first kappa shape index (κ1) is 30.0. The molecule has 1 atom stereocenters. The van der Waals surface area contributed by atoms with Crippen LogP contribution in [0.2, 0.25) is 20.1 Å². The highest BCUT2D eigenvalue weighted by Crippen LogP contribution is 2.31. The molecule has 10 heteroatoms. The Labute approximate surface area is 250 Å². The molecular formula is C27H22BrCl5N2O2. The Balaban J connectivity index is 0.00000380. The number of aryl methyl sites for hydroxylation is 1. The first-order valence-corrected chi connectivity index (χ1v) is 13.4. The summed E-state index contributed by atoms with van der Waals surface area (Å²) in [4.78, 5) is 12.5. The number of benzene rings is 3. The molecule has 0 radical (unpaired) electrons. The van der Waals surface area contributed by atoms with Gasteiger partial charge in [0, 0.05) is 42.1 Å². The van der Waals surface area contributed by atoms with Gasteiger partial charge in [-0.1, -0.05) is 86.6 Å². The minimum Gasteiger partial charge on any atom is -1.00 e. The summed E-state index contributed by atoms with van der Waals surface area (Å²) in [6.45, 7) is 1.35. The van der Waals surface area contributed by atoms with Crippen LogP contribution in [0.1, 0.15) is 34.0 Å². The van der Waals surface area contributed by atoms with Gasteiger partial charge in [0.25, 0.3) is 0 Å². The van der Waals surface area contributed by atoms with Crippen LogP contribution in [-0.4, -0.2) is 10.4 Å². The average Bonchev–Trinajstić information content (AvgIpc) is 3.29. The van der Waals surface area contributed by atoms with E-state index in [1.54, 1.807) is 24.3 Å². The number of ether oxygens (including phenoxy) is 1. The van der Waals surface area contributed by atoms with Crippen LogP contribution in [0.5, 0.6) is 0 Å². The normalized spacial score (nSPS) is 11.7. The number of Topliss-reactive ketones (excluding diaryl/α,β-unsaturated/α-hetero) is 1.